The molecule has 1 aromatic rings. The van der Waals surface area contributed by atoms with Crippen molar-refractivity contribution in [1.29, 1.82) is 0 Å². The number of H-pyrrole nitrogens is 1. The molecule has 0 saturated heterocycles. The molecule has 1 amide bonds. The SMILES string of the molecule is COC(=O)[C@]1(NC(=O)OC(C)(C)C)C[C@H]1c1cnc[nH]1. The minimum atomic E-state index is -1.07. The maximum absolute atomic E-state index is 12.0. The van der Waals surface area contributed by atoms with Gasteiger partial charge in [-0.25, -0.2) is 14.6 Å². The number of hydrogen-bond acceptors (Lipinski definition) is 5. The molecule has 1 aliphatic rings. The third-order valence-electron chi connectivity index (χ3n) is 3.13. The van der Waals surface area contributed by atoms with Gasteiger partial charge in [0.05, 0.1) is 13.4 Å². The molecule has 0 bridgehead atoms. The summed E-state index contributed by atoms with van der Waals surface area (Å²) in [5, 5.41) is 2.63. The number of alkyl carbamates (subject to hydrolysis) is 1. The lowest BCUT2D eigenvalue weighted by atomic mass is 10.1. The molecule has 1 fully saturated rings. The molecule has 1 aliphatic carbocycles. The first kappa shape index (κ1) is 14.4. The summed E-state index contributed by atoms with van der Waals surface area (Å²) in [6.45, 7) is 5.28. The quantitative estimate of drug-likeness (QED) is 0.815. The average Bonchev–Trinajstić information content (AvgIpc) is 2.82. The molecule has 7 nitrogen and oxygen atoms in total. The van der Waals surface area contributed by atoms with E-state index >= 15 is 0 Å². The van der Waals surface area contributed by atoms with Crippen molar-refractivity contribution < 1.29 is 19.1 Å². The Balaban J connectivity index is 2.11. The van der Waals surface area contributed by atoms with E-state index in [1.54, 1.807) is 27.0 Å². The Kier molecular flexibility index (Phi) is 3.45. The minimum Gasteiger partial charge on any atom is -0.467 e. The van der Waals surface area contributed by atoms with Crippen LogP contribution in [0.5, 0.6) is 0 Å². The van der Waals surface area contributed by atoms with Gasteiger partial charge in [0.15, 0.2) is 0 Å². The lowest BCUT2D eigenvalue weighted by Crippen LogP contribution is -2.47. The number of aromatic amines is 1. The van der Waals surface area contributed by atoms with Crippen LogP contribution < -0.4 is 5.32 Å². The van der Waals surface area contributed by atoms with E-state index in [2.05, 4.69) is 15.3 Å². The van der Waals surface area contributed by atoms with Gasteiger partial charge >= 0.3 is 12.1 Å². The van der Waals surface area contributed by atoms with Crippen LogP contribution in [0.1, 0.15) is 38.8 Å². The lowest BCUT2D eigenvalue weighted by Gasteiger charge is -2.23. The molecule has 110 valence electrons. The second-order valence-corrected chi connectivity index (χ2v) is 5.85. The smallest absolute Gasteiger partial charge is 0.408 e. The number of aromatic nitrogens is 2. The summed E-state index contributed by atoms with van der Waals surface area (Å²) < 4.78 is 9.98. The Morgan fingerprint density at radius 2 is 2.20 bits per heavy atom. The van der Waals surface area contributed by atoms with Crippen LogP contribution in [-0.4, -0.2) is 40.3 Å². The van der Waals surface area contributed by atoms with Crippen LogP contribution in [0.4, 0.5) is 4.79 Å². The second kappa shape index (κ2) is 4.81. The number of carbonyl (C=O) groups is 2. The summed E-state index contributed by atoms with van der Waals surface area (Å²) >= 11 is 0. The second-order valence-electron chi connectivity index (χ2n) is 5.85. The zero-order valence-corrected chi connectivity index (χ0v) is 12.0. The third-order valence-corrected chi connectivity index (χ3v) is 3.13. The summed E-state index contributed by atoms with van der Waals surface area (Å²) in [7, 11) is 1.29. The third kappa shape index (κ3) is 2.76. The molecule has 2 rings (SSSR count). The molecule has 0 aliphatic heterocycles. The maximum Gasteiger partial charge on any atom is 0.408 e. The fourth-order valence-electron chi connectivity index (χ4n) is 2.18. The van der Waals surface area contributed by atoms with E-state index in [1.165, 1.54) is 13.4 Å². The van der Waals surface area contributed by atoms with Gasteiger partial charge in [0.1, 0.15) is 11.1 Å². The first-order valence-electron chi connectivity index (χ1n) is 6.36. The Hall–Kier alpha value is -2.05. The van der Waals surface area contributed by atoms with Crippen LogP contribution in [0.25, 0.3) is 0 Å². The summed E-state index contributed by atoms with van der Waals surface area (Å²) in [6, 6.07) is 0. The number of hydrogen-bond donors (Lipinski definition) is 2. The van der Waals surface area contributed by atoms with Crippen molar-refractivity contribution in [2.75, 3.05) is 7.11 Å². The number of amides is 1. The van der Waals surface area contributed by atoms with Crippen molar-refractivity contribution in [1.82, 2.24) is 15.3 Å². The highest BCUT2D eigenvalue weighted by Crippen LogP contribution is 2.51. The fourth-order valence-corrected chi connectivity index (χ4v) is 2.18. The number of ether oxygens (including phenoxy) is 2. The van der Waals surface area contributed by atoms with Gasteiger partial charge in [0.2, 0.25) is 0 Å². The number of esters is 1. The monoisotopic (exact) mass is 281 g/mol. The van der Waals surface area contributed by atoms with Gasteiger partial charge in [0, 0.05) is 17.8 Å². The normalized spacial score (nSPS) is 24.9. The molecule has 20 heavy (non-hydrogen) atoms. The number of carbonyl (C=O) groups excluding carboxylic acids is 2. The fraction of sp³-hybridized carbons (Fsp3) is 0.615. The van der Waals surface area contributed by atoms with Crippen LogP contribution in [0.2, 0.25) is 0 Å². The summed E-state index contributed by atoms with van der Waals surface area (Å²) in [6.07, 6.45) is 2.99. The van der Waals surface area contributed by atoms with Crippen molar-refractivity contribution in [3.8, 4) is 0 Å². The van der Waals surface area contributed by atoms with Crippen molar-refractivity contribution in [3.05, 3.63) is 18.2 Å². The van der Waals surface area contributed by atoms with Gasteiger partial charge in [-0.15, -0.1) is 0 Å². The van der Waals surface area contributed by atoms with E-state index in [9.17, 15) is 9.59 Å². The summed E-state index contributed by atoms with van der Waals surface area (Å²) in [5.74, 6) is -0.659. The average molecular weight is 281 g/mol. The van der Waals surface area contributed by atoms with E-state index in [0.717, 1.165) is 5.69 Å². The topological polar surface area (TPSA) is 93.3 Å². The number of rotatable bonds is 3. The lowest BCUT2D eigenvalue weighted by molar-refractivity contribution is -0.144. The minimum absolute atomic E-state index is 0.176. The number of imidazole rings is 1. The van der Waals surface area contributed by atoms with Gasteiger partial charge in [-0.2, -0.15) is 0 Å². The number of nitrogens with one attached hydrogen (secondary N) is 2. The Bertz CT molecular complexity index is 506. The van der Waals surface area contributed by atoms with Gasteiger partial charge in [0.25, 0.3) is 0 Å². The predicted octanol–water partition coefficient (Wildman–Crippen LogP) is 1.33. The molecule has 7 heteroatoms. The van der Waals surface area contributed by atoms with Crippen molar-refractivity contribution in [2.45, 2.75) is 44.2 Å². The molecule has 1 aromatic heterocycles. The maximum atomic E-state index is 12.0. The molecular weight excluding hydrogens is 262 g/mol. The Morgan fingerprint density at radius 1 is 1.50 bits per heavy atom. The highest BCUT2D eigenvalue weighted by molar-refractivity contribution is 5.91. The standard InChI is InChI=1S/C13H19N3O4/c1-12(2,3)20-11(18)16-13(10(17)19-4)5-8(13)9-6-14-7-15-9/h6-8H,5H2,1-4H3,(H,14,15)(H,16,18)/t8-,13-/m0/s1. The molecule has 0 spiro atoms. The van der Waals surface area contributed by atoms with Crippen LogP contribution >= 0.6 is 0 Å². The Labute approximate surface area is 117 Å². The molecule has 1 heterocycles. The largest absolute Gasteiger partial charge is 0.467 e. The van der Waals surface area contributed by atoms with E-state index < -0.39 is 23.2 Å². The Morgan fingerprint density at radius 3 is 2.70 bits per heavy atom. The van der Waals surface area contributed by atoms with Crippen LogP contribution in [0.15, 0.2) is 12.5 Å². The van der Waals surface area contributed by atoms with Gasteiger partial charge in [-0.1, -0.05) is 0 Å². The molecule has 2 N–H and O–H groups in total. The number of methoxy groups -OCH3 is 1. The summed E-state index contributed by atoms with van der Waals surface area (Å²) in [5.41, 5.74) is -0.907. The van der Waals surface area contributed by atoms with Gasteiger partial charge in [-0.3, -0.25) is 0 Å². The zero-order valence-electron chi connectivity index (χ0n) is 12.0. The van der Waals surface area contributed by atoms with Crippen LogP contribution in [0, 0.1) is 0 Å². The first-order chi connectivity index (χ1) is 9.28. The van der Waals surface area contributed by atoms with E-state index in [-0.39, 0.29) is 5.92 Å². The van der Waals surface area contributed by atoms with Gasteiger partial charge in [-0.05, 0) is 27.2 Å². The van der Waals surface area contributed by atoms with Crippen LogP contribution in [0.3, 0.4) is 0 Å². The van der Waals surface area contributed by atoms with E-state index in [4.69, 9.17) is 9.47 Å². The molecular formula is C13H19N3O4. The van der Waals surface area contributed by atoms with E-state index in [0.29, 0.717) is 6.42 Å². The molecule has 0 unspecified atom stereocenters. The first-order valence-corrected chi connectivity index (χ1v) is 6.36. The van der Waals surface area contributed by atoms with Gasteiger partial charge < -0.3 is 19.8 Å². The number of nitrogens with zero attached hydrogens (tertiary/aromatic N) is 1. The molecule has 0 radical (unpaired) electrons. The molecule has 0 aromatic carbocycles. The summed E-state index contributed by atoms with van der Waals surface area (Å²) in [4.78, 5) is 30.7. The predicted molar refractivity (Wildman–Crippen MR) is 70.1 cm³/mol. The van der Waals surface area contributed by atoms with Crippen molar-refractivity contribution in [3.63, 3.8) is 0 Å². The molecule has 2 atom stereocenters. The zero-order chi connectivity index (χ0) is 15.0. The van der Waals surface area contributed by atoms with Crippen LogP contribution in [-0.2, 0) is 14.3 Å². The highest BCUT2D eigenvalue weighted by atomic mass is 16.6. The van der Waals surface area contributed by atoms with E-state index in [1.807, 2.05) is 0 Å². The molecule has 1 saturated carbocycles. The van der Waals surface area contributed by atoms with Crippen molar-refractivity contribution >= 4 is 12.1 Å². The highest BCUT2D eigenvalue weighted by Gasteiger charge is 2.64. The van der Waals surface area contributed by atoms with Crippen molar-refractivity contribution in [2.24, 2.45) is 0 Å².